The van der Waals surface area contributed by atoms with Crippen LogP contribution in [-0.4, -0.2) is 9.78 Å². The number of aryl methyl sites for hydroxylation is 1. The number of rotatable bonds is 3. The average Bonchev–Trinajstić information content (AvgIpc) is 2.51. The molecule has 0 saturated heterocycles. The van der Waals surface area contributed by atoms with E-state index in [0.29, 0.717) is 11.9 Å². The van der Waals surface area contributed by atoms with Gasteiger partial charge in [-0.2, -0.15) is 5.10 Å². The van der Waals surface area contributed by atoms with Crippen molar-refractivity contribution in [3.63, 3.8) is 0 Å². The molecule has 1 aromatic heterocycles. The zero-order chi connectivity index (χ0) is 14.8. The molecule has 3 aromatic rings. The minimum absolute atomic E-state index is 0.0641. The van der Waals surface area contributed by atoms with E-state index in [-0.39, 0.29) is 11.5 Å². The number of aromatic nitrogens is 2. The third-order valence-electron chi connectivity index (χ3n) is 3.64. The summed E-state index contributed by atoms with van der Waals surface area (Å²) in [5, 5.41) is 4.88. The summed E-state index contributed by atoms with van der Waals surface area (Å²) in [6.07, 6.45) is 1.35. The Kier molecular flexibility index (Phi) is 3.54. The maximum Gasteiger partial charge on any atom is 0.207 e. The van der Waals surface area contributed by atoms with E-state index in [9.17, 15) is 4.79 Å². The maximum absolute atomic E-state index is 11.8. The minimum atomic E-state index is -0.163. The first-order valence-corrected chi connectivity index (χ1v) is 6.92. The molecule has 0 radical (unpaired) electrons. The Morgan fingerprint density at radius 2 is 1.86 bits per heavy atom. The van der Waals surface area contributed by atoms with Crippen LogP contribution in [0.1, 0.15) is 17.2 Å². The van der Waals surface area contributed by atoms with Gasteiger partial charge in [0.2, 0.25) is 5.43 Å². The van der Waals surface area contributed by atoms with E-state index in [0.717, 1.165) is 11.1 Å². The zero-order valence-electron chi connectivity index (χ0n) is 11.9. The van der Waals surface area contributed by atoms with Gasteiger partial charge in [-0.05, 0) is 24.6 Å². The van der Waals surface area contributed by atoms with Gasteiger partial charge in [0.05, 0.1) is 18.3 Å². The Morgan fingerprint density at radius 1 is 1.14 bits per heavy atom. The van der Waals surface area contributed by atoms with Crippen LogP contribution in [-0.2, 0) is 6.54 Å². The highest BCUT2D eigenvalue weighted by Crippen LogP contribution is 2.15. The molecule has 3 rings (SSSR count). The fourth-order valence-electron chi connectivity index (χ4n) is 2.41. The largest absolute Gasteiger partial charge is 0.322 e. The standard InChI is InChI=1S/C17H17N3O/c1-12-6-8-13(9-7-12)15(18)11-20-16-5-3-2-4-14(16)17(21)10-19-20/h2-10,15H,11,18H2,1H3. The Labute approximate surface area is 122 Å². The lowest BCUT2D eigenvalue weighted by molar-refractivity contribution is 0.535. The molecule has 4 nitrogen and oxygen atoms in total. The third-order valence-corrected chi connectivity index (χ3v) is 3.64. The van der Waals surface area contributed by atoms with Gasteiger partial charge in [-0.3, -0.25) is 9.48 Å². The van der Waals surface area contributed by atoms with Gasteiger partial charge in [0.15, 0.2) is 0 Å². The number of nitrogens with two attached hydrogens (primary N) is 1. The summed E-state index contributed by atoms with van der Waals surface area (Å²) in [6.45, 7) is 2.58. The third kappa shape index (κ3) is 2.71. The topological polar surface area (TPSA) is 60.9 Å². The van der Waals surface area contributed by atoms with Gasteiger partial charge in [0.1, 0.15) is 0 Å². The van der Waals surface area contributed by atoms with Crippen LogP contribution in [0, 0.1) is 6.92 Å². The summed E-state index contributed by atoms with van der Waals surface area (Å²) < 4.78 is 1.79. The molecule has 21 heavy (non-hydrogen) atoms. The van der Waals surface area contributed by atoms with E-state index in [4.69, 9.17) is 5.73 Å². The van der Waals surface area contributed by atoms with Crippen LogP contribution in [0.4, 0.5) is 0 Å². The first-order chi connectivity index (χ1) is 10.1. The molecule has 0 aliphatic rings. The molecule has 2 aromatic carbocycles. The lowest BCUT2D eigenvalue weighted by Gasteiger charge is -2.15. The minimum Gasteiger partial charge on any atom is -0.322 e. The van der Waals surface area contributed by atoms with Crippen molar-refractivity contribution >= 4 is 10.9 Å². The van der Waals surface area contributed by atoms with Gasteiger partial charge < -0.3 is 5.73 Å². The fraction of sp³-hybridized carbons (Fsp3) is 0.176. The highest BCUT2D eigenvalue weighted by molar-refractivity contribution is 5.77. The van der Waals surface area contributed by atoms with Crippen LogP contribution in [0.3, 0.4) is 0 Å². The molecule has 106 valence electrons. The summed E-state index contributed by atoms with van der Waals surface area (Å²) in [7, 11) is 0. The van der Waals surface area contributed by atoms with Crippen molar-refractivity contribution in [1.29, 1.82) is 0 Å². The van der Waals surface area contributed by atoms with Crippen molar-refractivity contribution in [3.8, 4) is 0 Å². The van der Waals surface area contributed by atoms with E-state index in [1.54, 1.807) is 4.68 Å². The molecule has 0 aliphatic heterocycles. The fourth-order valence-corrected chi connectivity index (χ4v) is 2.41. The van der Waals surface area contributed by atoms with Crippen LogP contribution in [0.5, 0.6) is 0 Å². The lowest BCUT2D eigenvalue weighted by Crippen LogP contribution is -2.21. The summed E-state index contributed by atoms with van der Waals surface area (Å²) >= 11 is 0. The van der Waals surface area contributed by atoms with Crippen LogP contribution < -0.4 is 11.2 Å². The smallest absolute Gasteiger partial charge is 0.207 e. The summed E-state index contributed by atoms with van der Waals surface area (Å²) in [5.41, 5.74) is 9.28. The number of hydrogen-bond acceptors (Lipinski definition) is 3. The highest BCUT2D eigenvalue weighted by Gasteiger charge is 2.09. The van der Waals surface area contributed by atoms with Gasteiger partial charge in [0.25, 0.3) is 0 Å². The van der Waals surface area contributed by atoms with Gasteiger partial charge >= 0.3 is 0 Å². The van der Waals surface area contributed by atoms with E-state index in [2.05, 4.69) is 5.10 Å². The van der Waals surface area contributed by atoms with Gasteiger partial charge in [-0.15, -0.1) is 0 Å². The van der Waals surface area contributed by atoms with E-state index in [1.807, 2.05) is 55.5 Å². The van der Waals surface area contributed by atoms with Crippen LogP contribution in [0.15, 0.2) is 59.5 Å². The number of para-hydroxylation sites is 1. The molecule has 0 amide bonds. The Balaban J connectivity index is 1.96. The molecule has 1 unspecified atom stereocenters. The van der Waals surface area contributed by atoms with Crippen molar-refractivity contribution in [2.75, 3.05) is 0 Å². The van der Waals surface area contributed by atoms with Crippen LogP contribution in [0.25, 0.3) is 10.9 Å². The second-order valence-electron chi connectivity index (χ2n) is 5.23. The van der Waals surface area contributed by atoms with Gasteiger partial charge in [-0.25, -0.2) is 0 Å². The van der Waals surface area contributed by atoms with Gasteiger partial charge in [0, 0.05) is 11.4 Å². The first kappa shape index (κ1) is 13.5. The quantitative estimate of drug-likeness (QED) is 0.801. The molecule has 0 spiro atoms. The van der Waals surface area contributed by atoms with Crippen LogP contribution >= 0.6 is 0 Å². The second kappa shape index (κ2) is 5.50. The SMILES string of the molecule is Cc1ccc(C(N)Cn2ncc(=O)c3ccccc32)cc1. The number of benzene rings is 2. The molecular weight excluding hydrogens is 262 g/mol. The average molecular weight is 279 g/mol. The Bertz CT molecular complexity index is 821. The number of nitrogens with zero attached hydrogens (tertiary/aromatic N) is 2. The molecule has 0 fully saturated rings. The van der Waals surface area contributed by atoms with Crippen LogP contribution in [0.2, 0.25) is 0 Å². The Hall–Kier alpha value is -2.46. The molecule has 0 bridgehead atoms. The Morgan fingerprint density at radius 3 is 2.62 bits per heavy atom. The summed E-state index contributed by atoms with van der Waals surface area (Å²) in [4.78, 5) is 11.8. The first-order valence-electron chi connectivity index (χ1n) is 6.92. The monoisotopic (exact) mass is 279 g/mol. The molecule has 0 aliphatic carbocycles. The molecule has 2 N–H and O–H groups in total. The second-order valence-corrected chi connectivity index (χ2v) is 5.23. The van der Waals surface area contributed by atoms with E-state index >= 15 is 0 Å². The lowest BCUT2D eigenvalue weighted by atomic mass is 10.1. The van der Waals surface area contributed by atoms with Crippen molar-refractivity contribution in [1.82, 2.24) is 9.78 Å². The summed E-state index contributed by atoms with van der Waals surface area (Å²) in [5.74, 6) is 0. The predicted octanol–water partition coefficient (Wildman–Crippen LogP) is 2.40. The van der Waals surface area contributed by atoms with Crippen molar-refractivity contribution in [3.05, 3.63) is 76.1 Å². The molecule has 1 heterocycles. The van der Waals surface area contributed by atoms with Crippen molar-refractivity contribution in [2.24, 2.45) is 5.73 Å². The molecule has 1 atom stereocenters. The van der Waals surface area contributed by atoms with E-state index < -0.39 is 0 Å². The van der Waals surface area contributed by atoms with E-state index in [1.165, 1.54) is 11.8 Å². The summed E-state index contributed by atoms with van der Waals surface area (Å²) in [6, 6.07) is 15.5. The maximum atomic E-state index is 11.8. The molecular formula is C17H17N3O. The van der Waals surface area contributed by atoms with Gasteiger partial charge in [-0.1, -0.05) is 42.0 Å². The predicted molar refractivity (Wildman–Crippen MR) is 84.1 cm³/mol. The van der Waals surface area contributed by atoms with Crippen molar-refractivity contribution in [2.45, 2.75) is 19.5 Å². The number of hydrogen-bond donors (Lipinski definition) is 1. The molecule has 0 saturated carbocycles. The van der Waals surface area contributed by atoms with Crippen molar-refractivity contribution < 1.29 is 0 Å². The zero-order valence-corrected chi connectivity index (χ0v) is 11.9. The number of fused-ring (bicyclic) bond motifs is 1. The normalized spacial score (nSPS) is 12.5. The molecule has 4 heteroatoms. The highest BCUT2D eigenvalue weighted by atomic mass is 16.1.